The third-order valence-corrected chi connectivity index (χ3v) is 5.44. The van der Waals surface area contributed by atoms with Crippen molar-refractivity contribution in [1.82, 2.24) is 4.57 Å². The molecule has 3 aromatic carbocycles. The standard InChI is InChI=1S/C25H19N3O3/c29-23(13-15-27-14-12-17-6-1-4-11-22(17)27)26-18-7-5-8-19(16-18)28-24(30)20-9-2-3-10-21(20)25(28)31/h1-12,14,16H,13,15H2,(H,26,29). The van der Waals surface area contributed by atoms with Crippen molar-refractivity contribution in [3.63, 3.8) is 0 Å². The van der Waals surface area contributed by atoms with E-state index in [0.29, 0.717) is 35.5 Å². The Labute approximate surface area is 178 Å². The number of hydrogen-bond acceptors (Lipinski definition) is 3. The molecule has 31 heavy (non-hydrogen) atoms. The summed E-state index contributed by atoms with van der Waals surface area (Å²) in [5.74, 6) is -0.857. The molecule has 1 aliphatic heterocycles. The van der Waals surface area contributed by atoms with E-state index in [9.17, 15) is 14.4 Å². The molecule has 0 radical (unpaired) electrons. The summed E-state index contributed by atoms with van der Waals surface area (Å²) >= 11 is 0. The molecule has 3 amide bonds. The summed E-state index contributed by atoms with van der Waals surface area (Å²) in [5.41, 5.74) is 2.83. The quantitative estimate of drug-likeness (QED) is 0.495. The van der Waals surface area contributed by atoms with Crippen LogP contribution in [0, 0.1) is 0 Å². The highest BCUT2D eigenvalue weighted by molar-refractivity contribution is 6.34. The third-order valence-electron chi connectivity index (χ3n) is 5.44. The molecule has 5 rings (SSSR count). The average molecular weight is 409 g/mol. The van der Waals surface area contributed by atoms with Crippen LogP contribution >= 0.6 is 0 Å². The number of anilines is 2. The van der Waals surface area contributed by atoms with E-state index in [2.05, 4.69) is 5.32 Å². The van der Waals surface area contributed by atoms with Gasteiger partial charge in [-0.3, -0.25) is 14.4 Å². The van der Waals surface area contributed by atoms with E-state index in [4.69, 9.17) is 0 Å². The second-order valence-electron chi connectivity index (χ2n) is 7.41. The monoisotopic (exact) mass is 409 g/mol. The highest BCUT2D eigenvalue weighted by Crippen LogP contribution is 2.29. The summed E-state index contributed by atoms with van der Waals surface area (Å²) in [6, 6.07) is 23.6. The largest absolute Gasteiger partial charge is 0.347 e. The summed E-state index contributed by atoms with van der Waals surface area (Å²) in [6.45, 7) is 0.553. The van der Waals surface area contributed by atoms with Gasteiger partial charge in [-0.25, -0.2) is 4.90 Å². The van der Waals surface area contributed by atoms with Crippen LogP contribution in [0.1, 0.15) is 27.1 Å². The molecule has 0 atom stereocenters. The number of carbonyl (C=O) groups is 3. The highest BCUT2D eigenvalue weighted by Gasteiger charge is 2.36. The topological polar surface area (TPSA) is 71.4 Å². The molecule has 0 unspecified atom stereocenters. The molecule has 0 aliphatic carbocycles. The molecule has 1 aliphatic rings. The van der Waals surface area contributed by atoms with Gasteiger partial charge >= 0.3 is 0 Å². The Hall–Kier alpha value is -4.19. The lowest BCUT2D eigenvalue weighted by Crippen LogP contribution is -2.29. The summed E-state index contributed by atoms with van der Waals surface area (Å²) < 4.78 is 2.05. The number of rotatable bonds is 5. The van der Waals surface area contributed by atoms with Crippen LogP contribution in [0.25, 0.3) is 10.9 Å². The summed E-state index contributed by atoms with van der Waals surface area (Å²) in [6.07, 6.45) is 2.27. The van der Waals surface area contributed by atoms with Gasteiger partial charge in [0.1, 0.15) is 0 Å². The first-order chi connectivity index (χ1) is 15.1. The van der Waals surface area contributed by atoms with E-state index in [1.54, 1.807) is 48.5 Å². The van der Waals surface area contributed by atoms with E-state index in [0.717, 1.165) is 15.8 Å². The summed E-state index contributed by atoms with van der Waals surface area (Å²) in [4.78, 5) is 39.1. The fourth-order valence-electron chi connectivity index (χ4n) is 3.93. The van der Waals surface area contributed by atoms with Crippen molar-refractivity contribution in [3.8, 4) is 0 Å². The number of fused-ring (bicyclic) bond motifs is 2. The molecule has 0 bridgehead atoms. The molecule has 0 fully saturated rings. The van der Waals surface area contributed by atoms with Crippen molar-refractivity contribution < 1.29 is 14.4 Å². The van der Waals surface area contributed by atoms with Gasteiger partial charge in [0, 0.05) is 30.4 Å². The number of para-hydroxylation sites is 1. The van der Waals surface area contributed by atoms with Crippen LogP contribution in [0.2, 0.25) is 0 Å². The molecule has 0 saturated carbocycles. The van der Waals surface area contributed by atoms with E-state index >= 15 is 0 Å². The van der Waals surface area contributed by atoms with Gasteiger partial charge in [-0.1, -0.05) is 36.4 Å². The molecule has 6 heteroatoms. The van der Waals surface area contributed by atoms with E-state index in [1.165, 1.54) is 0 Å². The number of nitrogens with one attached hydrogen (secondary N) is 1. The number of benzene rings is 3. The summed E-state index contributed by atoms with van der Waals surface area (Å²) in [5, 5.41) is 4.00. The normalized spacial score (nSPS) is 13.0. The van der Waals surface area contributed by atoms with Crippen LogP contribution in [0.5, 0.6) is 0 Å². The smallest absolute Gasteiger partial charge is 0.266 e. The second-order valence-corrected chi connectivity index (χ2v) is 7.41. The Bertz CT molecular complexity index is 1300. The predicted octanol–water partition coefficient (Wildman–Crippen LogP) is 4.47. The van der Waals surface area contributed by atoms with E-state index in [1.807, 2.05) is 41.1 Å². The first kappa shape index (κ1) is 18.8. The minimum Gasteiger partial charge on any atom is -0.347 e. The number of hydrogen-bond donors (Lipinski definition) is 1. The maximum atomic E-state index is 12.7. The van der Waals surface area contributed by atoms with E-state index in [-0.39, 0.29) is 17.7 Å². The third kappa shape index (κ3) is 3.38. The van der Waals surface area contributed by atoms with Gasteiger partial charge < -0.3 is 9.88 Å². The average Bonchev–Trinajstić information content (AvgIpc) is 3.31. The fourth-order valence-corrected chi connectivity index (χ4v) is 3.93. The van der Waals surface area contributed by atoms with Crippen LogP contribution in [0.4, 0.5) is 11.4 Å². The molecule has 1 N–H and O–H groups in total. The first-order valence-corrected chi connectivity index (χ1v) is 10.0. The Morgan fingerprint density at radius 3 is 2.29 bits per heavy atom. The van der Waals surface area contributed by atoms with Gasteiger partial charge in [0.2, 0.25) is 5.91 Å². The number of amides is 3. The van der Waals surface area contributed by atoms with Crippen molar-refractivity contribution in [2.45, 2.75) is 13.0 Å². The molecule has 1 aromatic heterocycles. The maximum absolute atomic E-state index is 12.7. The lowest BCUT2D eigenvalue weighted by Gasteiger charge is -2.15. The van der Waals surface area contributed by atoms with Crippen molar-refractivity contribution in [1.29, 1.82) is 0 Å². The zero-order valence-corrected chi connectivity index (χ0v) is 16.6. The van der Waals surface area contributed by atoms with Crippen LogP contribution < -0.4 is 10.2 Å². The zero-order chi connectivity index (χ0) is 21.4. The Morgan fingerprint density at radius 2 is 1.52 bits per heavy atom. The highest BCUT2D eigenvalue weighted by atomic mass is 16.2. The molecule has 152 valence electrons. The molecular formula is C25H19N3O3. The maximum Gasteiger partial charge on any atom is 0.266 e. The molecule has 6 nitrogen and oxygen atoms in total. The molecule has 2 heterocycles. The lowest BCUT2D eigenvalue weighted by molar-refractivity contribution is -0.116. The molecule has 0 spiro atoms. The molecule has 0 saturated heterocycles. The SMILES string of the molecule is O=C(CCn1ccc2ccccc21)Nc1cccc(N2C(=O)c3ccccc3C2=O)c1. The van der Waals surface area contributed by atoms with Gasteiger partial charge in [-0.05, 0) is 47.9 Å². The van der Waals surface area contributed by atoms with Crippen LogP contribution in [-0.4, -0.2) is 22.3 Å². The van der Waals surface area contributed by atoms with Crippen LogP contribution in [-0.2, 0) is 11.3 Å². The van der Waals surface area contributed by atoms with Gasteiger partial charge in [-0.15, -0.1) is 0 Å². The summed E-state index contributed by atoms with van der Waals surface area (Å²) in [7, 11) is 0. The fraction of sp³-hybridized carbons (Fsp3) is 0.0800. The Morgan fingerprint density at radius 1 is 0.806 bits per heavy atom. The van der Waals surface area contributed by atoms with Gasteiger partial charge in [0.15, 0.2) is 0 Å². The zero-order valence-electron chi connectivity index (χ0n) is 16.6. The Kier molecular flexibility index (Phi) is 4.59. The van der Waals surface area contributed by atoms with E-state index < -0.39 is 0 Å². The number of nitrogens with zero attached hydrogens (tertiary/aromatic N) is 2. The van der Waals surface area contributed by atoms with Crippen molar-refractivity contribution in [3.05, 3.63) is 96.2 Å². The van der Waals surface area contributed by atoms with Crippen LogP contribution in [0.3, 0.4) is 0 Å². The number of aryl methyl sites for hydroxylation is 1. The number of aromatic nitrogens is 1. The first-order valence-electron chi connectivity index (χ1n) is 10.0. The molecular weight excluding hydrogens is 390 g/mol. The van der Waals surface area contributed by atoms with Gasteiger partial charge in [0.25, 0.3) is 11.8 Å². The number of imide groups is 1. The number of carbonyl (C=O) groups excluding carboxylic acids is 3. The van der Waals surface area contributed by atoms with Gasteiger partial charge in [-0.2, -0.15) is 0 Å². The van der Waals surface area contributed by atoms with Crippen molar-refractivity contribution in [2.75, 3.05) is 10.2 Å². The molecule has 4 aromatic rings. The van der Waals surface area contributed by atoms with Crippen LogP contribution in [0.15, 0.2) is 85.1 Å². The van der Waals surface area contributed by atoms with Gasteiger partial charge in [0.05, 0.1) is 16.8 Å². The second kappa shape index (κ2) is 7.57. The predicted molar refractivity (Wildman–Crippen MR) is 119 cm³/mol. The van der Waals surface area contributed by atoms with Crippen molar-refractivity contribution in [2.24, 2.45) is 0 Å². The lowest BCUT2D eigenvalue weighted by atomic mass is 10.1. The minimum atomic E-state index is -0.358. The van der Waals surface area contributed by atoms with Crippen molar-refractivity contribution >= 4 is 40.0 Å². The Balaban J connectivity index is 1.29. The minimum absolute atomic E-state index is 0.141.